The highest BCUT2D eigenvalue weighted by molar-refractivity contribution is 5.81. The second kappa shape index (κ2) is 11.3. The number of hydrogen-bond acceptors (Lipinski definition) is 5. The predicted molar refractivity (Wildman–Crippen MR) is 131 cm³/mol. The van der Waals surface area contributed by atoms with Crippen LogP contribution in [0.3, 0.4) is 0 Å². The molecule has 0 aliphatic carbocycles. The molecule has 2 heterocycles. The summed E-state index contributed by atoms with van der Waals surface area (Å²) in [5.74, 6) is 1.59. The molecule has 0 bridgehead atoms. The van der Waals surface area contributed by atoms with E-state index >= 15 is 0 Å². The van der Waals surface area contributed by atoms with Gasteiger partial charge in [0.15, 0.2) is 17.6 Å². The zero-order chi connectivity index (χ0) is 24.0. The second-order valence-corrected chi connectivity index (χ2v) is 9.13. The van der Waals surface area contributed by atoms with E-state index in [1.165, 1.54) is 12.0 Å². The third-order valence-corrected chi connectivity index (χ3v) is 5.82. The minimum Gasteiger partial charge on any atom is -0.480 e. The number of rotatable bonds is 12. The topological polar surface area (TPSA) is 81.4 Å². The molecule has 0 fully saturated rings. The van der Waals surface area contributed by atoms with Crippen LogP contribution in [-0.2, 0) is 11.2 Å². The molecule has 2 aromatic heterocycles. The number of aryl methyl sites for hydroxylation is 2. The standard InChI is InChI=1S/C26H37N5O2/c1-7-8-9-10-11-22(33-21-13-12-18(4)16-19(21)5)26(32)27-15-14-23-28-25-20(6)24(17(2)3)30-31(25)29-23/h12-13,16-17,22H,6-11,14-15H2,1-5H3,(H,27,32). The van der Waals surface area contributed by atoms with Crippen molar-refractivity contribution < 1.29 is 9.53 Å². The van der Waals surface area contributed by atoms with Gasteiger partial charge in [0.1, 0.15) is 5.75 Å². The summed E-state index contributed by atoms with van der Waals surface area (Å²) in [6.07, 6.45) is 5.10. The molecule has 3 aromatic rings. The van der Waals surface area contributed by atoms with Crippen LogP contribution >= 0.6 is 0 Å². The summed E-state index contributed by atoms with van der Waals surface area (Å²) in [7, 11) is 0. The van der Waals surface area contributed by atoms with E-state index in [9.17, 15) is 4.79 Å². The molecule has 0 radical (unpaired) electrons. The Labute approximate surface area is 196 Å². The molecule has 1 amide bonds. The fraction of sp³-hybridized carbons (Fsp3) is 0.538. The molecule has 1 aromatic carbocycles. The molecule has 1 atom stereocenters. The van der Waals surface area contributed by atoms with Gasteiger partial charge in [-0.25, -0.2) is 4.98 Å². The molecule has 0 aliphatic rings. The lowest BCUT2D eigenvalue weighted by Crippen LogP contribution is -2.39. The van der Waals surface area contributed by atoms with Gasteiger partial charge < -0.3 is 10.1 Å². The van der Waals surface area contributed by atoms with Gasteiger partial charge in [-0.15, -0.1) is 9.73 Å². The summed E-state index contributed by atoms with van der Waals surface area (Å²) >= 11 is 0. The molecule has 33 heavy (non-hydrogen) atoms. The van der Waals surface area contributed by atoms with Gasteiger partial charge in [-0.1, -0.05) is 64.3 Å². The third-order valence-electron chi connectivity index (χ3n) is 5.82. The smallest absolute Gasteiger partial charge is 0.261 e. The van der Waals surface area contributed by atoms with Crippen molar-refractivity contribution in [3.63, 3.8) is 0 Å². The Bertz CT molecular complexity index is 1120. The zero-order valence-electron chi connectivity index (χ0n) is 20.6. The maximum Gasteiger partial charge on any atom is 0.261 e. The van der Waals surface area contributed by atoms with Gasteiger partial charge >= 0.3 is 0 Å². The van der Waals surface area contributed by atoms with Crippen LogP contribution < -0.4 is 15.3 Å². The number of benzene rings is 1. The SMILES string of the molecule is C=c1c(C(C)C)nn2nc(CCNC(=O)C(CCCCCC)Oc3ccc(C)cc3C)nc12. The van der Waals surface area contributed by atoms with Crippen LogP contribution in [-0.4, -0.2) is 38.4 Å². The molecule has 0 aliphatic heterocycles. The molecule has 178 valence electrons. The van der Waals surface area contributed by atoms with Crippen LogP contribution in [0.25, 0.3) is 12.2 Å². The van der Waals surface area contributed by atoms with Crippen molar-refractivity contribution in [2.45, 2.75) is 85.2 Å². The van der Waals surface area contributed by atoms with Crippen molar-refractivity contribution >= 4 is 18.1 Å². The molecular formula is C26H37N5O2. The number of carbonyl (C=O) groups is 1. The van der Waals surface area contributed by atoms with Crippen LogP contribution in [0.5, 0.6) is 5.75 Å². The van der Waals surface area contributed by atoms with Crippen LogP contribution in [0, 0.1) is 13.8 Å². The summed E-state index contributed by atoms with van der Waals surface area (Å²) < 4.78 is 7.72. The zero-order valence-corrected chi connectivity index (χ0v) is 20.6. The largest absolute Gasteiger partial charge is 0.480 e. The molecule has 0 saturated carbocycles. The Kier molecular flexibility index (Phi) is 8.42. The molecule has 7 nitrogen and oxygen atoms in total. The van der Waals surface area contributed by atoms with Gasteiger partial charge in [-0.2, -0.15) is 5.10 Å². The normalized spacial score (nSPS) is 12.4. The summed E-state index contributed by atoms with van der Waals surface area (Å²) in [5, 5.41) is 12.8. The minimum absolute atomic E-state index is 0.0947. The van der Waals surface area contributed by atoms with E-state index in [0.717, 1.165) is 41.5 Å². The van der Waals surface area contributed by atoms with Crippen molar-refractivity contribution in [1.82, 2.24) is 25.1 Å². The number of fused-ring (bicyclic) bond motifs is 1. The van der Waals surface area contributed by atoms with E-state index in [1.807, 2.05) is 19.1 Å². The van der Waals surface area contributed by atoms with Gasteiger partial charge in [-0.05, 0) is 44.2 Å². The Morgan fingerprint density at radius 1 is 1.18 bits per heavy atom. The van der Waals surface area contributed by atoms with Crippen LogP contribution in [0.15, 0.2) is 18.2 Å². The molecule has 0 spiro atoms. The maximum absolute atomic E-state index is 13.0. The monoisotopic (exact) mass is 451 g/mol. The molecular weight excluding hydrogens is 414 g/mol. The van der Waals surface area contributed by atoms with E-state index in [4.69, 9.17) is 4.74 Å². The van der Waals surface area contributed by atoms with E-state index in [-0.39, 0.29) is 11.8 Å². The Balaban J connectivity index is 1.60. The van der Waals surface area contributed by atoms with E-state index < -0.39 is 6.10 Å². The van der Waals surface area contributed by atoms with Crippen LogP contribution in [0.1, 0.15) is 81.4 Å². The number of carbonyl (C=O) groups excluding carboxylic acids is 1. The second-order valence-electron chi connectivity index (χ2n) is 9.13. The van der Waals surface area contributed by atoms with E-state index in [0.29, 0.717) is 30.9 Å². The highest BCUT2D eigenvalue weighted by atomic mass is 16.5. The summed E-state index contributed by atoms with van der Waals surface area (Å²) in [5.41, 5.74) is 3.82. The number of amides is 1. The van der Waals surface area contributed by atoms with Gasteiger partial charge in [0.05, 0.1) is 5.69 Å². The van der Waals surface area contributed by atoms with E-state index in [1.54, 1.807) is 4.63 Å². The van der Waals surface area contributed by atoms with Crippen molar-refractivity contribution in [1.29, 1.82) is 0 Å². The first kappa shape index (κ1) is 24.7. The highest BCUT2D eigenvalue weighted by Gasteiger charge is 2.21. The number of ether oxygens (including phenoxy) is 1. The average molecular weight is 452 g/mol. The Hall–Kier alpha value is -2.96. The van der Waals surface area contributed by atoms with E-state index in [2.05, 4.69) is 60.8 Å². The lowest BCUT2D eigenvalue weighted by atomic mass is 10.1. The van der Waals surface area contributed by atoms with Gasteiger partial charge in [0, 0.05) is 18.2 Å². The molecule has 1 unspecified atom stereocenters. The number of hydrogen-bond donors (Lipinski definition) is 1. The summed E-state index contributed by atoms with van der Waals surface area (Å²) in [4.78, 5) is 17.5. The number of nitrogens with one attached hydrogen (secondary N) is 1. The van der Waals surface area contributed by atoms with Crippen molar-refractivity contribution in [2.75, 3.05) is 6.54 Å². The summed E-state index contributed by atoms with van der Waals surface area (Å²) in [6.45, 7) is 14.9. The minimum atomic E-state index is -0.513. The van der Waals surface area contributed by atoms with Crippen LogP contribution in [0.2, 0.25) is 0 Å². The first-order valence-corrected chi connectivity index (χ1v) is 12.1. The van der Waals surface area contributed by atoms with Gasteiger partial charge in [0.2, 0.25) is 0 Å². The van der Waals surface area contributed by atoms with Gasteiger partial charge in [0.25, 0.3) is 5.91 Å². The lowest BCUT2D eigenvalue weighted by Gasteiger charge is -2.20. The van der Waals surface area contributed by atoms with Gasteiger partial charge in [-0.3, -0.25) is 4.79 Å². The quantitative estimate of drug-likeness (QED) is 0.420. The van der Waals surface area contributed by atoms with Crippen molar-refractivity contribution in [3.8, 4) is 5.75 Å². The number of unbranched alkanes of at least 4 members (excludes halogenated alkanes) is 3. The molecule has 0 saturated heterocycles. The number of nitrogens with zero attached hydrogens (tertiary/aromatic N) is 4. The first-order valence-electron chi connectivity index (χ1n) is 12.1. The van der Waals surface area contributed by atoms with Crippen molar-refractivity contribution in [2.24, 2.45) is 0 Å². The average Bonchev–Trinajstić information content (AvgIpc) is 3.30. The predicted octanol–water partition coefficient (Wildman–Crippen LogP) is 4.07. The Morgan fingerprint density at radius 3 is 2.64 bits per heavy atom. The molecule has 3 rings (SSSR count). The highest BCUT2D eigenvalue weighted by Crippen LogP contribution is 2.22. The number of aromatic nitrogens is 4. The van der Waals surface area contributed by atoms with Crippen LogP contribution in [0.4, 0.5) is 0 Å². The molecule has 1 N–H and O–H groups in total. The molecule has 7 heteroatoms. The summed E-state index contributed by atoms with van der Waals surface area (Å²) in [6, 6.07) is 6.04. The van der Waals surface area contributed by atoms with Crippen molar-refractivity contribution in [3.05, 3.63) is 46.1 Å². The fourth-order valence-electron chi connectivity index (χ4n) is 3.95. The Morgan fingerprint density at radius 2 is 1.97 bits per heavy atom. The fourth-order valence-corrected chi connectivity index (χ4v) is 3.95. The maximum atomic E-state index is 13.0. The first-order chi connectivity index (χ1) is 15.8. The lowest BCUT2D eigenvalue weighted by molar-refractivity contribution is -0.128. The third kappa shape index (κ3) is 6.30.